The number of hydrogen-bond acceptors (Lipinski definition) is 9. The molecular formula is C27H27NO8. The fourth-order valence-corrected chi connectivity index (χ4v) is 5.21. The van der Waals surface area contributed by atoms with Crippen molar-refractivity contribution in [3.63, 3.8) is 0 Å². The summed E-state index contributed by atoms with van der Waals surface area (Å²) >= 11 is 0. The van der Waals surface area contributed by atoms with Crippen LogP contribution in [0.4, 0.5) is 0 Å². The number of carbonyl (C=O) groups excluding carboxylic acids is 3. The predicted octanol–water partition coefficient (Wildman–Crippen LogP) is 3.72. The molecule has 1 aromatic heterocycles. The van der Waals surface area contributed by atoms with Gasteiger partial charge in [-0.05, 0) is 57.0 Å². The number of ether oxygens (including phenoxy) is 4. The fraction of sp³-hybridized carbons (Fsp3) is 0.370. The van der Waals surface area contributed by atoms with E-state index in [4.69, 9.17) is 23.4 Å². The number of furan rings is 1. The van der Waals surface area contributed by atoms with Crippen molar-refractivity contribution in [2.45, 2.75) is 39.0 Å². The molecule has 5 rings (SSSR count). The van der Waals surface area contributed by atoms with Crippen LogP contribution >= 0.6 is 0 Å². The molecule has 3 unspecified atom stereocenters. The zero-order chi connectivity index (χ0) is 25.4. The van der Waals surface area contributed by atoms with E-state index in [1.807, 2.05) is 0 Å². The molecule has 2 aliphatic heterocycles. The van der Waals surface area contributed by atoms with Crippen LogP contribution in [0.3, 0.4) is 0 Å². The van der Waals surface area contributed by atoms with Crippen molar-refractivity contribution in [2.75, 3.05) is 20.0 Å². The first-order valence-corrected chi connectivity index (χ1v) is 12.0. The van der Waals surface area contributed by atoms with Gasteiger partial charge in [0.1, 0.15) is 11.7 Å². The van der Waals surface area contributed by atoms with E-state index in [2.05, 4.69) is 5.32 Å². The number of rotatable bonds is 6. The maximum Gasteiger partial charge on any atom is 0.336 e. The first-order valence-electron chi connectivity index (χ1n) is 12.0. The quantitative estimate of drug-likeness (QED) is 0.475. The Morgan fingerprint density at radius 1 is 1.08 bits per heavy atom. The molecule has 2 aromatic rings. The van der Waals surface area contributed by atoms with E-state index in [1.54, 1.807) is 51.1 Å². The number of carbonyl (C=O) groups is 3. The number of hydrogen-bond donors (Lipinski definition) is 1. The minimum absolute atomic E-state index is 0.0905. The van der Waals surface area contributed by atoms with E-state index >= 15 is 0 Å². The lowest BCUT2D eigenvalue weighted by molar-refractivity contribution is -0.152. The second-order valence-electron chi connectivity index (χ2n) is 8.74. The smallest absolute Gasteiger partial charge is 0.336 e. The molecule has 0 amide bonds. The first kappa shape index (κ1) is 23.7. The van der Waals surface area contributed by atoms with Crippen molar-refractivity contribution in [1.29, 1.82) is 0 Å². The van der Waals surface area contributed by atoms with Crippen LogP contribution in [0.15, 0.2) is 63.6 Å². The zero-order valence-corrected chi connectivity index (χ0v) is 20.3. The SMILES string of the molecule is CCOC(=O)C1=C(C)NC2=C(C(=O)C(C(=O)OCC)C(c3ccco3)C2)C1c1ccc2c(c1)OCO2. The first-order chi connectivity index (χ1) is 17.4. The van der Waals surface area contributed by atoms with Gasteiger partial charge >= 0.3 is 11.9 Å². The van der Waals surface area contributed by atoms with Crippen LogP contribution in [0.1, 0.15) is 50.4 Å². The molecule has 3 aliphatic rings. The molecule has 0 saturated carbocycles. The highest BCUT2D eigenvalue weighted by Gasteiger charge is 2.50. The summed E-state index contributed by atoms with van der Waals surface area (Å²) in [4.78, 5) is 40.4. The van der Waals surface area contributed by atoms with Crippen LogP contribution in [-0.4, -0.2) is 37.7 Å². The normalized spacial score (nSPS) is 22.8. The highest BCUT2D eigenvalue weighted by atomic mass is 16.7. The van der Waals surface area contributed by atoms with Crippen molar-refractivity contribution < 1.29 is 37.7 Å². The standard InChI is InChI=1S/C27H27NO8/c1-4-32-26(30)21-14(3)28-17-12-16(18-7-6-10-34-18)23(27(31)33-5-2)25(29)24(17)22(21)15-8-9-19-20(11-15)36-13-35-19/h6-11,16,22-23,28H,4-5,12-13H2,1-3H3. The van der Waals surface area contributed by atoms with Gasteiger partial charge in [0.25, 0.3) is 0 Å². The van der Waals surface area contributed by atoms with E-state index in [9.17, 15) is 14.4 Å². The van der Waals surface area contributed by atoms with E-state index in [0.29, 0.717) is 51.8 Å². The lowest BCUT2D eigenvalue weighted by Gasteiger charge is -2.38. The monoisotopic (exact) mass is 493 g/mol. The molecule has 0 spiro atoms. The number of Topliss-reactive ketones (excluding diaryl/α,β-unsaturated/α-hetero) is 1. The summed E-state index contributed by atoms with van der Waals surface area (Å²) in [6.45, 7) is 5.60. The molecule has 1 N–H and O–H groups in total. The van der Waals surface area contributed by atoms with Gasteiger partial charge in [-0.1, -0.05) is 6.07 Å². The highest BCUT2D eigenvalue weighted by molar-refractivity contribution is 6.13. The molecule has 1 aromatic carbocycles. The summed E-state index contributed by atoms with van der Waals surface area (Å²) < 4.78 is 27.3. The van der Waals surface area contributed by atoms with Gasteiger partial charge in [0, 0.05) is 28.8 Å². The Labute approximate surface area is 208 Å². The third-order valence-electron chi connectivity index (χ3n) is 6.69. The molecule has 0 saturated heterocycles. The molecular weight excluding hydrogens is 466 g/mol. The molecule has 3 heterocycles. The molecule has 1 aliphatic carbocycles. The number of dihydropyridines is 1. The van der Waals surface area contributed by atoms with Crippen molar-refractivity contribution in [2.24, 2.45) is 5.92 Å². The number of benzene rings is 1. The summed E-state index contributed by atoms with van der Waals surface area (Å²) in [6.07, 6.45) is 1.84. The van der Waals surface area contributed by atoms with Crippen molar-refractivity contribution in [3.05, 3.63) is 70.5 Å². The number of fused-ring (bicyclic) bond motifs is 1. The molecule has 36 heavy (non-hydrogen) atoms. The van der Waals surface area contributed by atoms with Crippen LogP contribution < -0.4 is 14.8 Å². The second kappa shape index (κ2) is 9.56. The summed E-state index contributed by atoms with van der Waals surface area (Å²) in [6, 6.07) is 8.78. The molecule has 3 atom stereocenters. The summed E-state index contributed by atoms with van der Waals surface area (Å²) in [7, 11) is 0. The Hall–Kier alpha value is -4.01. The van der Waals surface area contributed by atoms with E-state index < -0.39 is 35.5 Å². The Morgan fingerprint density at radius 3 is 2.58 bits per heavy atom. The van der Waals surface area contributed by atoms with Crippen molar-refractivity contribution in [3.8, 4) is 11.5 Å². The van der Waals surface area contributed by atoms with Gasteiger partial charge in [-0.3, -0.25) is 9.59 Å². The Kier molecular flexibility index (Phi) is 6.30. The van der Waals surface area contributed by atoms with Gasteiger partial charge in [-0.25, -0.2) is 4.79 Å². The molecule has 188 valence electrons. The molecule has 9 heteroatoms. The maximum absolute atomic E-state index is 14.2. The maximum atomic E-state index is 14.2. The van der Waals surface area contributed by atoms with Crippen LogP contribution in [0, 0.1) is 5.92 Å². The van der Waals surface area contributed by atoms with E-state index in [0.717, 1.165) is 0 Å². The number of esters is 2. The van der Waals surface area contributed by atoms with Gasteiger partial charge < -0.3 is 28.7 Å². The summed E-state index contributed by atoms with van der Waals surface area (Å²) in [5.41, 5.74) is 2.51. The predicted molar refractivity (Wildman–Crippen MR) is 126 cm³/mol. The van der Waals surface area contributed by atoms with Gasteiger partial charge in [0.15, 0.2) is 17.3 Å². The minimum atomic E-state index is -1.12. The van der Waals surface area contributed by atoms with Gasteiger partial charge in [-0.15, -0.1) is 0 Å². The van der Waals surface area contributed by atoms with Crippen LogP contribution in [-0.2, 0) is 23.9 Å². The van der Waals surface area contributed by atoms with Crippen LogP contribution in [0.25, 0.3) is 0 Å². The molecule has 0 bridgehead atoms. The second-order valence-corrected chi connectivity index (χ2v) is 8.74. The largest absolute Gasteiger partial charge is 0.469 e. The third kappa shape index (κ3) is 3.94. The Morgan fingerprint density at radius 2 is 1.86 bits per heavy atom. The average Bonchev–Trinajstić information content (AvgIpc) is 3.55. The number of allylic oxidation sites excluding steroid dienone is 3. The van der Waals surface area contributed by atoms with Crippen molar-refractivity contribution in [1.82, 2.24) is 5.32 Å². The lowest BCUT2D eigenvalue weighted by Crippen LogP contribution is -2.43. The van der Waals surface area contributed by atoms with E-state index in [-0.39, 0.29) is 20.0 Å². The molecule has 0 radical (unpaired) electrons. The molecule has 9 nitrogen and oxygen atoms in total. The van der Waals surface area contributed by atoms with Crippen molar-refractivity contribution >= 4 is 17.7 Å². The Balaban J connectivity index is 1.67. The fourth-order valence-electron chi connectivity index (χ4n) is 5.21. The number of nitrogens with one attached hydrogen (secondary N) is 1. The summed E-state index contributed by atoms with van der Waals surface area (Å²) in [5, 5.41) is 3.26. The highest BCUT2D eigenvalue weighted by Crippen LogP contribution is 2.49. The third-order valence-corrected chi connectivity index (χ3v) is 6.69. The zero-order valence-electron chi connectivity index (χ0n) is 20.3. The minimum Gasteiger partial charge on any atom is -0.469 e. The van der Waals surface area contributed by atoms with Gasteiger partial charge in [-0.2, -0.15) is 0 Å². The lowest BCUT2D eigenvalue weighted by atomic mass is 9.68. The number of ketones is 1. The van der Waals surface area contributed by atoms with Gasteiger partial charge in [0.2, 0.25) is 6.79 Å². The van der Waals surface area contributed by atoms with Crippen LogP contribution in [0.2, 0.25) is 0 Å². The van der Waals surface area contributed by atoms with Crippen LogP contribution in [0.5, 0.6) is 11.5 Å². The average molecular weight is 494 g/mol. The summed E-state index contributed by atoms with van der Waals surface area (Å²) in [5.74, 6) is -2.38. The topological polar surface area (TPSA) is 113 Å². The van der Waals surface area contributed by atoms with Gasteiger partial charge in [0.05, 0.1) is 25.1 Å². The molecule has 0 fully saturated rings. The van der Waals surface area contributed by atoms with E-state index in [1.165, 1.54) is 6.26 Å². The Bertz CT molecular complexity index is 1270.